The quantitative estimate of drug-likeness (QED) is 0.802. The molecule has 0 bridgehead atoms. The van der Waals surface area contributed by atoms with Crippen molar-refractivity contribution in [2.45, 2.75) is 32.9 Å². The summed E-state index contributed by atoms with van der Waals surface area (Å²) in [5.41, 5.74) is 7.07. The number of carbonyl (C=O) groups is 1. The molecule has 5 heteroatoms. The zero-order valence-corrected chi connectivity index (χ0v) is 11.2. The summed E-state index contributed by atoms with van der Waals surface area (Å²) >= 11 is 0. The van der Waals surface area contributed by atoms with Crippen molar-refractivity contribution in [3.05, 3.63) is 23.4 Å². The first-order valence-corrected chi connectivity index (χ1v) is 6.18. The summed E-state index contributed by atoms with van der Waals surface area (Å²) in [5, 5.41) is 2.88. The average Bonchev–Trinajstić information content (AvgIpc) is 2.31. The molecule has 3 N–H and O–H groups in total. The molecule has 0 radical (unpaired) electrons. The maximum absolute atomic E-state index is 11.9. The highest BCUT2D eigenvalue weighted by Crippen LogP contribution is 2.25. The van der Waals surface area contributed by atoms with Crippen LogP contribution < -0.4 is 16.0 Å². The van der Waals surface area contributed by atoms with Gasteiger partial charge in [0.25, 0.3) is 0 Å². The van der Waals surface area contributed by atoms with E-state index < -0.39 is 5.54 Å². The molecular formula is C13H20N4O. The number of aromatic nitrogens is 1. The lowest BCUT2D eigenvalue weighted by molar-refractivity contribution is -0.126. The number of rotatable bonds is 2. The number of piperazine rings is 1. The average molecular weight is 248 g/mol. The van der Waals surface area contributed by atoms with Crippen LogP contribution in [0.1, 0.15) is 25.1 Å². The van der Waals surface area contributed by atoms with Gasteiger partial charge in [-0.3, -0.25) is 4.79 Å². The van der Waals surface area contributed by atoms with Crippen LogP contribution in [0.5, 0.6) is 0 Å². The SMILES string of the molecule is Cc1cc(CN)cc(N2CCNC(=O)C2(C)C)n1. The van der Waals surface area contributed by atoms with Gasteiger partial charge in [0.1, 0.15) is 11.4 Å². The molecule has 2 heterocycles. The minimum atomic E-state index is -0.578. The third-order valence-corrected chi connectivity index (χ3v) is 3.36. The lowest BCUT2D eigenvalue weighted by Gasteiger charge is -2.42. The van der Waals surface area contributed by atoms with E-state index in [2.05, 4.69) is 10.3 Å². The first-order chi connectivity index (χ1) is 8.45. The van der Waals surface area contributed by atoms with Crippen molar-refractivity contribution in [2.75, 3.05) is 18.0 Å². The fraction of sp³-hybridized carbons (Fsp3) is 0.538. The van der Waals surface area contributed by atoms with Crippen LogP contribution in [0.4, 0.5) is 5.82 Å². The minimum Gasteiger partial charge on any atom is -0.352 e. The van der Waals surface area contributed by atoms with Gasteiger partial charge < -0.3 is 16.0 Å². The first-order valence-electron chi connectivity index (χ1n) is 6.18. The molecule has 5 nitrogen and oxygen atoms in total. The molecule has 0 aliphatic carbocycles. The fourth-order valence-electron chi connectivity index (χ4n) is 2.28. The number of aryl methyl sites for hydroxylation is 1. The van der Waals surface area contributed by atoms with Gasteiger partial charge in [0.2, 0.25) is 5.91 Å². The van der Waals surface area contributed by atoms with Crippen molar-refractivity contribution < 1.29 is 4.79 Å². The van der Waals surface area contributed by atoms with Crippen molar-refractivity contribution >= 4 is 11.7 Å². The Bertz CT molecular complexity index is 470. The summed E-state index contributed by atoms with van der Waals surface area (Å²) in [6.45, 7) is 7.66. The van der Waals surface area contributed by atoms with Gasteiger partial charge in [-0.25, -0.2) is 4.98 Å². The first kappa shape index (κ1) is 12.8. The van der Waals surface area contributed by atoms with Crippen LogP contribution in [0.25, 0.3) is 0 Å². The van der Waals surface area contributed by atoms with E-state index in [-0.39, 0.29) is 5.91 Å². The van der Waals surface area contributed by atoms with E-state index in [4.69, 9.17) is 5.73 Å². The molecule has 18 heavy (non-hydrogen) atoms. The topological polar surface area (TPSA) is 71.2 Å². The summed E-state index contributed by atoms with van der Waals surface area (Å²) in [5.74, 6) is 0.863. The number of nitrogens with one attached hydrogen (secondary N) is 1. The van der Waals surface area contributed by atoms with Crippen LogP contribution in [0.15, 0.2) is 12.1 Å². The fourth-order valence-corrected chi connectivity index (χ4v) is 2.28. The maximum atomic E-state index is 11.9. The molecule has 1 aliphatic rings. The van der Waals surface area contributed by atoms with E-state index >= 15 is 0 Å². The van der Waals surface area contributed by atoms with Crippen molar-refractivity contribution in [3.63, 3.8) is 0 Å². The summed E-state index contributed by atoms with van der Waals surface area (Å²) in [7, 11) is 0. The molecule has 2 rings (SSSR count). The van der Waals surface area contributed by atoms with Gasteiger partial charge in [0.15, 0.2) is 0 Å². The largest absolute Gasteiger partial charge is 0.352 e. The molecule has 0 saturated carbocycles. The van der Waals surface area contributed by atoms with Gasteiger partial charge in [0.05, 0.1) is 0 Å². The van der Waals surface area contributed by atoms with Crippen LogP contribution in [-0.4, -0.2) is 29.5 Å². The van der Waals surface area contributed by atoms with E-state index in [1.807, 2.05) is 37.8 Å². The summed E-state index contributed by atoms with van der Waals surface area (Å²) in [4.78, 5) is 18.5. The number of hydrogen-bond donors (Lipinski definition) is 2. The molecule has 1 amide bonds. The second-order valence-corrected chi connectivity index (χ2v) is 5.15. The van der Waals surface area contributed by atoms with Crippen molar-refractivity contribution in [2.24, 2.45) is 5.73 Å². The van der Waals surface area contributed by atoms with Crippen molar-refractivity contribution in [3.8, 4) is 0 Å². The van der Waals surface area contributed by atoms with Gasteiger partial charge in [-0.2, -0.15) is 0 Å². The number of carbonyl (C=O) groups excluding carboxylic acids is 1. The normalized spacial score (nSPS) is 18.7. The summed E-state index contributed by atoms with van der Waals surface area (Å²) in [6.07, 6.45) is 0. The smallest absolute Gasteiger partial charge is 0.245 e. The molecule has 1 aromatic heterocycles. The molecule has 0 spiro atoms. The Hall–Kier alpha value is -1.62. The molecule has 0 atom stereocenters. The highest BCUT2D eigenvalue weighted by Gasteiger charge is 2.38. The monoisotopic (exact) mass is 248 g/mol. The number of nitrogens with zero attached hydrogens (tertiary/aromatic N) is 2. The van der Waals surface area contributed by atoms with Gasteiger partial charge >= 0.3 is 0 Å². The standard InChI is InChI=1S/C13H20N4O/c1-9-6-10(8-14)7-11(16-9)17-5-4-15-12(18)13(17,2)3/h6-7H,4-5,8,14H2,1-3H3,(H,15,18). The number of nitrogens with two attached hydrogens (primary N) is 1. The van der Waals surface area contributed by atoms with E-state index in [0.29, 0.717) is 13.1 Å². The molecule has 1 fully saturated rings. The van der Waals surface area contributed by atoms with Crippen LogP contribution >= 0.6 is 0 Å². The van der Waals surface area contributed by atoms with Crippen LogP contribution in [0, 0.1) is 6.92 Å². The molecule has 1 aliphatic heterocycles. The van der Waals surface area contributed by atoms with E-state index in [0.717, 1.165) is 23.6 Å². The molecular weight excluding hydrogens is 228 g/mol. The molecule has 1 aromatic rings. The number of pyridine rings is 1. The third kappa shape index (κ3) is 2.18. The van der Waals surface area contributed by atoms with Crippen LogP contribution in [-0.2, 0) is 11.3 Å². The van der Waals surface area contributed by atoms with Gasteiger partial charge in [-0.05, 0) is 38.5 Å². The Morgan fingerprint density at radius 2 is 2.22 bits per heavy atom. The summed E-state index contributed by atoms with van der Waals surface area (Å²) < 4.78 is 0. The second-order valence-electron chi connectivity index (χ2n) is 5.15. The van der Waals surface area contributed by atoms with Gasteiger partial charge in [-0.1, -0.05) is 0 Å². The Morgan fingerprint density at radius 3 is 2.89 bits per heavy atom. The Kier molecular flexibility index (Phi) is 3.26. The highest BCUT2D eigenvalue weighted by molar-refractivity contribution is 5.90. The third-order valence-electron chi connectivity index (χ3n) is 3.36. The van der Waals surface area contributed by atoms with Gasteiger partial charge in [-0.15, -0.1) is 0 Å². The maximum Gasteiger partial charge on any atom is 0.245 e. The Labute approximate surface area is 107 Å². The predicted molar refractivity (Wildman–Crippen MR) is 71.3 cm³/mol. The van der Waals surface area contributed by atoms with E-state index in [1.165, 1.54) is 0 Å². The molecule has 1 saturated heterocycles. The molecule has 98 valence electrons. The van der Waals surface area contributed by atoms with Crippen molar-refractivity contribution in [1.29, 1.82) is 0 Å². The van der Waals surface area contributed by atoms with Crippen LogP contribution in [0.2, 0.25) is 0 Å². The number of hydrogen-bond acceptors (Lipinski definition) is 4. The number of anilines is 1. The summed E-state index contributed by atoms with van der Waals surface area (Å²) in [6, 6.07) is 3.94. The molecule has 0 aromatic carbocycles. The second kappa shape index (κ2) is 4.57. The van der Waals surface area contributed by atoms with E-state index in [1.54, 1.807) is 0 Å². The predicted octanol–water partition coefficient (Wildman–Crippen LogP) is 0.564. The zero-order valence-electron chi connectivity index (χ0n) is 11.2. The lowest BCUT2D eigenvalue weighted by Crippen LogP contribution is -2.62. The Balaban J connectivity index is 2.41. The van der Waals surface area contributed by atoms with Gasteiger partial charge in [0, 0.05) is 25.3 Å². The molecule has 0 unspecified atom stereocenters. The minimum absolute atomic E-state index is 0.0337. The van der Waals surface area contributed by atoms with E-state index in [9.17, 15) is 4.79 Å². The van der Waals surface area contributed by atoms with Crippen LogP contribution in [0.3, 0.4) is 0 Å². The lowest BCUT2D eigenvalue weighted by atomic mass is 9.98. The number of amides is 1. The highest BCUT2D eigenvalue weighted by atomic mass is 16.2. The Morgan fingerprint density at radius 1 is 1.50 bits per heavy atom. The zero-order chi connectivity index (χ0) is 13.3. The van der Waals surface area contributed by atoms with Crippen molar-refractivity contribution in [1.82, 2.24) is 10.3 Å².